The molecule has 0 aromatic heterocycles. The van der Waals surface area contributed by atoms with Gasteiger partial charge in [0.25, 0.3) is 0 Å². The van der Waals surface area contributed by atoms with Gasteiger partial charge in [0.15, 0.2) is 0 Å². The number of ether oxygens (including phenoxy) is 1. The number of hydrogen-bond donors (Lipinski definition) is 1. The predicted octanol–water partition coefficient (Wildman–Crippen LogP) is 5.26. The molecule has 2 nitrogen and oxygen atoms in total. The molecule has 1 rings (SSSR count). The molecule has 120 valence electrons. The summed E-state index contributed by atoms with van der Waals surface area (Å²) in [5.74, 6) is 0.376. The summed E-state index contributed by atoms with van der Waals surface area (Å²) in [5, 5.41) is 3.41. The summed E-state index contributed by atoms with van der Waals surface area (Å²) in [6.07, 6.45) is -2.47. The van der Waals surface area contributed by atoms with Gasteiger partial charge in [-0.2, -0.15) is 0 Å². The Labute approximate surface area is 132 Å². The smallest absolute Gasteiger partial charge is 0.405 e. The van der Waals surface area contributed by atoms with Gasteiger partial charge in [0.1, 0.15) is 5.75 Å². The highest BCUT2D eigenvalue weighted by Crippen LogP contribution is 2.31. The van der Waals surface area contributed by atoms with Crippen molar-refractivity contribution in [2.24, 2.45) is 5.92 Å². The normalized spacial score (nSPS) is 13.5. The first-order chi connectivity index (χ1) is 9.76. The fourth-order valence-corrected chi connectivity index (χ4v) is 2.81. The van der Waals surface area contributed by atoms with Gasteiger partial charge in [-0.1, -0.05) is 32.8 Å². The van der Waals surface area contributed by atoms with Crippen LogP contribution in [0.25, 0.3) is 0 Å². The average Bonchev–Trinajstić information content (AvgIpc) is 2.39. The van der Waals surface area contributed by atoms with E-state index in [1.807, 2.05) is 0 Å². The zero-order valence-electron chi connectivity index (χ0n) is 12.4. The molecule has 0 saturated heterocycles. The maximum Gasteiger partial charge on any atom is 0.573 e. The Balaban J connectivity index is 2.64. The largest absolute Gasteiger partial charge is 0.573 e. The van der Waals surface area contributed by atoms with Crippen LogP contribution < -0.4 is 10.1 Å². The van der Waals surface area contributed by atoms with Gasteiger partial charge in [-0.15, -0.1) is 13.2 Å². The zero-order chi connectivity index (χ0) is 16.0. The summed E-state index contributed by atoms with van der Waals surface area (Å²) >= 11 is 3.11. The number of nitrogens with one attached hydrogen (secondary N) is 1. The molecule has 0 spiro atoms. The number of hydrogen-bond acceptors (Lipinski definition) is 2. The Hall–Kier alpha value is -0.750. The summed E-state index contributed by atoms with van der Waals surface area (Å²) in [7, 11) is 0. The molecule has 1 unspecified atom stereocenters. The van der Waals surface area contributed by atoms with Crippen molar-refractivity contribution < 1.29 is 17.9 Å². The van der Waals surface area contributed by atoms with E-state index < -0.39 is 6.36 Å². The molecule has 0 heterocycles. The lowest BCUT2D eigenvalue weighted by atomic mass is 9.95. The van der Waals surface area contributed by atoms with Gasteiger partial charge >= 0.3 is 6.36 Å². The molecule has 1 aromatic rings. The van der Waals surface area contributed by atoms with Gasteiger partial charge in [-0.3, -0.25) is 0 Å². The Morgan fingerprint density at radius 3 is 2.33 bits per heavy atom. The molecule has 0 amide bonds. The van der Waals surface area contributed by atoms with E-state index in [1.54, 1.807) is 12.1 Å². The standard InChI is InChI=1S/C15H21BrF3NO/c1-4-12(5-2)10(3)20-9-11-6-7-14(13(16)8-11)21-15(17,18)19/h6-8,10,12,20H,4-5,9H2,1-3H3. The Kier molecular flexibility index (Phi) is 7.00. The van der Waals surface area contributed by atoms with E-state index in [1.165, 1.54) is 6.07 Å². The SMILES string of the molecule is CCC(CC)C(C)NCc1ccc(OC(F)(F)F)c(Br)c1. The van der Waals surface area contributed by atoms with Gasteiger partial charge in [0.2, 0.25) is 0 Å². The molecule has 0 aliphatic rings. The highest BCUT2D eigenvalue weighted by atomic mass is 79.9. The second-order valence-electron chi connectivity index (χ2n) is 5.06. The zero-order valence-corrected chi connectivity index (χ0v) is 14.0. The lowest BCUT2D eigenvalue weighted by Crippen LogP contribution is -2.32. The fourth-order valence-electron chi connectivity index (χ4n) is 2.30. The molecule has 1 atom stereocenters. The van der Waals surface area contributed by atoms with Crippen molar-refractivity contribution >= 4 is 15.9 Å². The molecule has 0 bridgehead atoms. The second kappa shape index (κ2) is 8.03. The number of benzene rings is 1. The van der Waals surface area contributed by atoms with E-state index >= 15 is 0 Å². The summed E-state index contributed by atoms with van der Waals surface area (Å²) in [4.78, 5) is 0. The van der Waals surface area contributed by atoms with Gasteiger partial charge < -0.3 is 10.1 Å². The van der Waals surface area contributed by atoms with E-state index in [4.69, 9.17) is 0 Å². The number of halogens is 4. The minimum Gasteiger partial charge on any atom is -0.405 e. The van der Waals surface area contributed by atoms with Gasteiger partial charge in [0.05, 0.1) is 4.47 Å². The Bertz CT molecular complexity index is 447. The van der Waals surface area contributed by atoms with Crippen LogP contribution in [0.2, 0.25) is 0 Å². The first-order valence-electron chi connectivity index (χ1n) is 7.04. The molecule has 1 aromatic carbocycles. The van der Waals surface area contributed by atoms with Crippen LogP contribution in [-0.2, 0) is 6.54 Å². The molecule has 0 aliphatic heterocycles. The van der Waals surface area contributed by atoms with Crippen molar-refractivity contribution in [1.82, 2.24) is 5.32 Å². The molecular formula is C15H21BrF3NO. The van der Waals surface area contributed by atoms with Gasteiger partial charge in [-0.25, -0.2) is 0 Å². The van der Waals surface area contributed by atoms with Crippen molar-refractivity contribution in [3.63, 3.8) is 0 Å². The third-order valence-electron chi connectivity index (χ3n) is 3.61. The molecule has 21 heavy (non-hydrogen) atoms. The summed E-state index contributed by atoms with van der Waals surface area (Å²) < 4.78 is 40.8. The van der Waals surface area contributed by atoms with Crippen LogP contribution >= 0.6 is 15.9 Å². The Morgan fingerprint density at radius 1 is 1.24 bits per heavy atom. The van der Waals surface area contributed by atoms with Crippen LogP contribution in [0.15, 0.2) is 22.7 Å². The summed E-state index contributed by atoms with van der Waals surface area (Å²) in [5.41, 5.74) is 0.911. The first-order valence-corrected chi connectivity index (χ1v) is 7.83. The highest BCUT2D eigenvalue weighted by molar-refractivity contribution is 9.10. The molecule has 6 heteroatoms. The third-order valence-corrected chi connectivity index (χ3v) is 4.23. The maximum absolute atomic E-state index is 12.2. The highest BCUT2D eigenvalue weighted by Gasteiger charge is 2.31. The lowest BCUT2D eigenvalue weighted by molar-refractivity contribution is -0.274. The molecule has 0 radical (unpaired) electrons. The average molecular weight is 368 g/mol. The van der Waals surface area contributed by atoms with Gasteiger partial charge in [-0.05, 0) is 46.5 Å². The first kappa shape index (κ1) is 18.3. The van der Waals surface area contributed by atoms with Crippen LogP contribution in [0.4, 0.5) is 13.2 Å². The van der Waals surface area contributed by atoms with Crippen LogP contribution in [0.1, 0.15) is 39.2 Å². The van der Waals surface area contributed by atoms with Crippen LogP contribution in [0.3, 0.4) is 0 Å². The van der Waals surface area contributed by atoms with Crippen molar-refractivity contribution in [3.8, 4) is 5.75 Å². The predicted molar refractivity (Wildman–Crippen MR) is 81.2 cm³/mol. The van der Waals surface area contributed by atoms with Crippen molar-refractivity contribution in [2.75, 3.05) is 0 Å². The molecule has 0 fully saturated rings. The molecular weight excluding hydrogens is 347 g/mol. The molecule has 1 N–H and O–H groups in total. The summed E-state index contributed by atoms with van der Waals surface area (Å²) in [6.45, 7) is 7.06. The fraction of sp³-hybridized carbons (Fsp3) is 0.600. The van der Waals surface area contributed by atoms with E-state index in [-0.39, 0.29) is 5.75 Å². The topological polar surface area (TPSA) is 21.3 Å². The van der Waals surface area contributed by atoms with Crippen molar-refractivity contribution in [2.45, 2.75) is 52.6 Å². The third kappa shape index (κ3) is 6.26. The number of rotatable bonds is 7. The summed E-state index contributed by atoms with van der Waals surface area (Å²) in [6, 6.07) is 4.98. The molecule has 0 saturated carbocycles. The van der Waals surface area contributed by atoms with Gasteiger partial charge in [0, 0.05) is 12.6 Å². The maximum atomic E-state index is 12.2. The van der Waals surface area contributed by atoms with E-state index in [2.05, 4.69) is 46.8 Å². The second-order valence-corrected chi connectivity index (χ2v) is 5.91. The minimum absolute atomic E-state index is 0.223. The van der Waals surface area contributed by atoms with E-state index in [0.717, 1.165) is 18.4 Å². The monoisotopic (exact) mass is 367 g/mol. The quantitative estimate of drug-likeness (QED) is 0.709. The molecule has 0 aliphatic carbocycles. The van der Waals surface area contributed by atoms with Crippen LogP contribution in [0.5, 0.6) is 5.75 Å². The van der Waals surface area contributed by atoms with Crippen molar-refractivity contribution in [3.05, 3.63) is 28.2 Å². The van der Waals surface area contributed by atoms with E-state index in [9.17, 15) is 13.2 Å². The van der Waals surface area contributed by atoms with E-state index in [0.29, 0.717) is 23.0 Å². The Morgan fingerprint density at radius 2 is 1.86 bits per heavy atom. The van der Waals surface area contributed by atoms with Crippen LogP contribution in [-0.4, -0.2) is 12.4 Å². The van der Waals surface area contributed by atoms with Crippen LogP contribution in [0, 0.1) is 5.92 Å². The minimum atomic E-state index is -4.67. The van der Waals surface area contributed by atoms with Crippen molar-refractivity contribution in [1.29, 1.82) is 0 Å². The lowest BCUT2D eigenvalue weighted by Gasteiger charge is -2.22. The number of alkyl halides is 3.